The van der Waals surface area contributed by atoms with Crippen LogP contribution in [0.4, 0.5) is 4.79 Å². The summed E-state index contributed by atoms with van der Waals surface area (Å²) in [6, 6.07) is -0.961. The molecule has 2 saturated heterocycles. The highest BCUT2D eigenvalue weighted by atomic mass is 16.5. The molecule has 1 N–H and O–H groups in total. The van der Waals surface area contributed by atoms with Crippen LogP contribution in [0.1, 0.15) is 19.3 Å². The lowest BCUT2D eigenvalue weighted by Gasteiger charge is -2.35. The largest absolute Gasteiger partial charge is 0.480 e. The zero-order chi connectivity index (χ0) is 15.4. The van der Waals surface area contributed by atoms with E-state index in [2.05, 4.69) is 0 Å². The standard InChI is InChI=1S/C14H24N2O5/c1-20-9-10-3-5-15(6-4-10)14(19)16-8-11(21-2)7-12(16)13(17)18/h10-12H,3-9H2,1-2H3,(H,17,18). The molecule has 21 heavy (non-hydrogen) atoms. The lowest BCUT2D eigenvalue weighted by Crippen LogP contribution is -2.50. The van der Waals surface area contributed by atoms with Crippen molar-refractivity contribution in [2.45, 2.75) is 31.4 Å². The third-order valence-electron chi connectivity index (χ3n) is 4.41. The number of piperidine rings is 1. The maximum atomic E-state index is 12.5. The fourth-order valence-corrected chi connectivity index (χ4v) is 3.12. The molecule has 0 bridgehead atoms. The third-order valence-corrected chi connectivity index (χ3v) is 4.41. The Labute approximate surface area is 124 Å². The van der Waals surface area contributed by atoms with E-state index in [0.29, 0.717) is 32.0 Å². The average Bonchev–Trinajstić information content (AvgIpc) is 2.92. The number of nitrogens with zero attached hydrogens (tertiary/aromatic N) is 2. The highest BCUT2D eigenvalue weighted by molar-refractivity contribution is 5.83. The number of hydrogen-bond acceptors (Lipinski definition) is 4. The molecule has 2 amide bonds. The summed E-state index contributed by atoms with van der Waals surface area (Å²) in [5, 5.41) is 9.27. The molecule has 2 rings (SSSR count). The molecule has 0 aromatic heterocycles. The summed E-state index contributed by atoms with van der Waals surface area (Å²) in [6.45, 7) is 2.39. The molecule has 2 fully saturated rings. The van der Waals surface area contributed by atoms with Crippen molar-refractivity contribution in [3.8, 4) is 0 Å². The van der Waals surface area contributed by atoms with Gasteiger partial charge in [0.2, 0.25) is 0 Å². The van der Waals surface area contributed by atoms with Crippen LogP contribution < -0.4 is 0 Å². The quantitative estimate of drug-likeness (QED) is 0.824. The molecular weight excluding hydrogens is 276 g/mol. The zero-order valence-electron chi connectivity index (χ0n) is 12.7. The number of aliphatic carboxylic acids is 1. The van der Waals surface area contributed by atoms with E-state index in [0.717, 1.165) is 19.4 Å². The van der Waals surface area contributed by atoms with Gasteiger partial charge in [-0.2, -0.15) is 0 Å². The maximum Gasteiger partial charge on any atom is 0.326 e. The van der Waals surface area contributed by atoms with Crippen molar-refractivity contribution in [1.29, 1.82) is 0 Å². The zero-order valence-corrected chi connectivity index (χ0v) is 12.7. The van der Waals surface area contributed by atoms with Crippen LogP contribution in [-0.2, 0) is 14.3 Å². The van der Waals surface area contributed by atoms with Crippen LogP contribution in [0.3, 0.4) is 0 Å². The van der Waals surface area contributed by atoms with Gasteiger partial charge in [-0.1, -0.05) is 0 Å². The molecule has 2 unspecified atom stereocenters. The van der Waals surface area contributed by atoms with Gasteiger partial charge in [-0.05, 0) is 18.8 Å². The number of urea groups is 1. The lowest BCUT2D eigenvalue weighted by molar-refractivity contribution is -0.141. The van der Waals surface area contributed by atoms with Gasteiger partial charge in [-0.25, -0.2) is 9.59 Å². The average molecular weight is 300 g/mol. The molecular formula is C14H24N2O5. The minimum Gasteiger partial charge on any atom is -0.480 e. The molecule has 0 spiro atoms. The van der Waals surface area contributed by atoms with Gasteiger partial charge in [0.05, 0.1) is 6.10 Å². The molecule has 0 radical (unpaired) electrons. The number of ether oxygens (including phenoxy) is 2. The first-order chi connectivity index (χ1) is 10.1. The van der Waals surface area contributed by atoms with Gasteiger partial charge >= 0.3 is 12.0 Å². The Hall–Kier alpha value is -1.34. The Kier molecular flexibility index (Phi) is 5.41. The molecule has 0 aliphatic carbocycles. The normalized spacial score (nSPS) is 27.1. The van der Waals surface area contributed by atoms with Gasteiger partial charge in [-0.3, -0.25) is 0 Å². The van der Waals surface area contributed by atoms with Crippen molar-refractivity contribution in [1.82, 2.24) is 9.80 Å². The third kappa shape index (κ3) is 3.65. The van der Waals surface area contributed by atoms with Gasteiger partial charge in [0.15, 0.2) is 0 Å². The van der Waals surface area contributed by atoms with E-state index >= 15 is 0 Å². The van der Waals surface area contributed by atoms with Gasteiger partial charge in [-0.15, -0.1) is 0 Å². The van der Waals surface area contributed by atoms with E-state index in [4.69, 9.17) is 9.47 Å². The minimum absolute atomic E-state index is 0.183. The van der Waals surface area contributed by atoms with Crippen molar-refractivity contribution in [2.75, 3.05) is 40.5 Å². The van der Waals surface area contributed by atoms with E-state index in [9.17, 15) is 14.7 Å². The molecule has 2 aliphatic rings. The Balaban J connectivity index is 1.94. The summed E-state index contributed by atoms with van der Waals surface area (Å²) in [4.78, 5) is 27.0. The number of amides is 2. The molecule has 120 valence electrons. The second-order valence-corrected chi connectivity index (χ2v) is 5.77. The summed E-state index contributed by atoms with van der Waals surface area (Å²) >= 11 is 0. The molecule has 2 aliphatic heterocycles. The topological polar surface area (TPSA) is 79.3 Å². The molecule has 7 nitrogen and oxygen atoms in total. The summed E-state index contributed by atoms with van der Waals surface area (Å²) in [5.41, 5.74) is 0. The Morgan fingerprint density at radius 1 is 1.24 bits per heavy atom. The Bertz CT molecular complexity index is 382. The van der Waals surface area contributed by atoms with Gasteiger partial charge in [0, 0.05) is 46.9 Å². The Morgan fingerprint density at radius 2 is 1.90 bits per heavy atom. The summed E-state index contributed by atoms with van der Waals surface area (Å²) < 4.78 is 10.4. The Morgan fingerprint density at radius 3 is 2.43 bits per heavy atom. The van der Waals surface area contributed by atoms with Crippen LogP contribution in [-0.4, -0.2) is 79.5 Å². The van der Waals surface area contributed by atoms with Crippen LogP contribution in [0.5, 0.6) is 0 Å². The fraction of sp³-hybridized carbons (Fsp3) is 0.857. The predicted molar refractivity (Wildman–Crippen MR) is 75.1 cm³/mol. The van der Waals surface area contributed by atoms with Gasteiger partial charge < -0.3 is 24.4 Å². The van der Waals surface area contributed by atoms with E-state index < -0.39 is 12.0 Å². The SMILES string of the molecule is COCC1CCN(C(=O)N2CC(OC)CC2C(=O)O)CC1. The van der Waals surface area contributed by atoms with Crippen molar-refractivity contribution >= 4 is 12.0 Å². The van der Waals surface area contributed by atoms with Gasteiger partial charge in [0.1, 0.15) is 6.04 Å². The van der Waals surface area contributed by atoms with Crippen molar-refractivity contribution in [3.63, 3.8) is 0 Å². The smallest absolute Gasteiger partial charge is 0.326 e. The van der Waals surface area contributed by atoms with Crippen molar-refractivity contribution in [3.05, 3.63) is 0 Å². The van der Waals surface area contributed by atoms with Crippen molar-refractivity contribution in [2.24, 2.45) is 5.92 Å². The minimum atomic E-state index is -0.961. The molecule has 7 heteroatoms. The molecule has 2 heterocycles. The van der Waals surface area contributed by atoms with Crippen LogP contribution >= 0.6 is 0 Å². The molecule has 0 saturated carbocycles. The van der Waals surface area contributed by atoms with E-state index in [-0.39, 0.29) is 12.1 Å². The van der Waals surface area contributed by atoms with Crippen LogP contribution in [0.15, 0.2) is 0 Å². The summed E-state index contributed by atoms with van der Waals surface area (Å²) in [6.07, 6.45) is 1.97. The monoisotopic (exact) mass is 300 g/mol. The highest BCUT2D eigenvalue weighted by Crippen LogP contribution is 2.24. The van der Waals surface area contributed by atoms with Crippen LogP contribution in [0, 0.1) is 5.92 Å². The second-order valence-electron chi connectivity index (χ2n) is 5.77. The number of methoxy groups -OCH3 is 2. The number of carboxylic acid groups (broad SMARTS) is 1. The van der Waals surface area contributed by atoms with Crippen LogP contribution in [0.25, 0.3) is 0 Å². The number of hydrogen-bond donors (Lipinski definition) is 1. The van der Waals surface area contributed by atoms with E-state index in [1.807, 2.05) is 0 Å². The second kappa shape index (κ2) is 7.09. The van der Waals surface area contributed by atoms with Crippen molar-refractivity contribution < 1.29 is 24.2 Å². The first-order valence-electron chi connectivity index (χ1n) is 7.36. The first-order valence-corrected chi connectivity index (χ1v) is 7.36. The summed E-state index contributed by atoms with van der Waals surface area (Å²) in [5.74, 6) is -0.475. The first kappa shape index (κ1) is 16.0. The number of rotatable bonds is 4. The lowest BCUT2D eigenvalue weighted by atomic mass is 9.98. The maximum absolute atomic E-state index is 12.5. The fourth-order valence-electron chi connectivity index (χ4n) is 3.12. The van der Waals surface area contributed by atoms with Gasteiger partial charge in [0.25, 0.3) is 0 Å². The number of carboxylic acids is 1. The van der Waals surface area contributed by atoms with E-state index in [1.54, 1.807) is 19.1 Å². The summed E-state index contributed by atoms with van der Waals surface area (Å²) in [7, 11) is 3.23. The number of carbonyl (C=O) groups is 2. The number of likely N-dealkylation sites (tertiary alicyclic amines) is 2. The molecule has 2 atom stereocenters. The van der Waals surface area contributed by atoms with E-state index in [1.165, 1.54) is 4.90 Å². The molecule has 0 aromatic carbocycles. The number of carbonyl (C=O) groups excluding carboxylic acids is 1. The van der Waals surface area contributed by atoms with Crippen LogP contribution in [0.2, 0.25) is 0 Å². The predicted octanol–water partition coefficient (Wildman–Crippen LogP) is 0.639. The molecule has 0 aromatic rings. The highest BCUT2D eigenvalue weighted by Gasteiger charge is 2.41.